The number of anilines is 1. The van der Waals surface area contributed by atoms with Crippen molar-refractivity contribution in [2.45, 2.75) is 62.2 Å². The molecule has 1 saturated heterocycles. The minimum atomic E-state index is -3.33. The molecule has 0 bridgehead atoms. The van der Waals surface area contributed by atoms with Crippen LogP contribution in [0.15, 0.2) is 29.2 Å². The fraction of sp³-hybridized carbons (Fsp3) is 0.636. The highest BCUT2D eigenvalue weighted by atomic mass is 32.2. The normalized spacial score (nSPS) is 18.2. The summed E-state index contributed by atoms with van der Waals surface area (Å²) >= 11 is 0. The summed E-state index contributed by atoms with van der Waals surface area (Å²) in [5.74, 6) is -0.0899. The highest BCUT2D eigenvalue weighted by Gasteiger charge is 2.30. The molecule has 2 aliphatic rings. The fourth-order valence-corrected chi connectivity index (χ4v) is 5.83. The molecular weight excluding hydrogens is 418 g/mol. The lowest BCUT2D eigenvalue weighted by molar-refractivity contribution is -0.131. The molecule has 0 unspecified atom stereocenters. The Hall–Kier alpha value is -2.29. The minimum Gasteiger partial charge on any atom is -0.444 e. The van der Waals surface area contributed by atoms with Crippen molar-refractivity contribution in [1.29, 1.82) is 0 Å². The molecule has 9 heteroatoms. The number of nitrogens with one attached hydrogen (secondary N) is 1. The molecule has 1 aromatic carbocycles. The van der Waals surface area contributed by atoms with Gasteiger partial charge in [0.05, 0.1) is 16.7 Å². The number of rotatable bonds is 5. The third kappa shape index (κ3) is 6.12. The average Bonchev–Trinajstić information content (AvgIpc) is 3.27. The molecule has 3 rings (SSSR count). The molecule has 1 aromatic rings. The molecule has 1 saturated carbocycles. The number of ether oxygens (including phenoxy) is 1. The number of benzene rings is 1. The predicted octanol–water partition coefficient (Wildman–Crippen LogP) is 2.89. The molecule has 1 heterocycles. The van der Waals surface area contributed by atoms with E-state index in [0.29, 0.717) is 49.6 Å². The monoisotopic (exact) mass is 451 g/mol. The Balaban J connectivity index is 1.51. The third-order valence-corrected chi connectivity index (χ3v) is 7.89. The van der Waals surface area contributed by atoms with Gasteiger partial charge in [0.25, 0.3) is 0 Å². The third-order valence-electron chi connectivity index (χ3n) is 5.63. The Morgan fingerprint density at radius 3 is 2.29 bits per heavy atom. The molecule has 0 aromatic heterocycles. The Kier molecular flexibility index (Phi) is 7.13. The lowest BCUT2D eigenvalue weighted by atomic mass is 10.2. The maximum absolute atomic E-state index is 12.8. The highest BCUT2D eigenvalue weighted by molar-refractivity contribution is 7.92. The molecule has 8 nitrogen and oxygen atoms in total. The number of carbonyl (C=O) groups excluding carboxylic acids is 2. The Bertz CT molecular complexity index is 896. The van der Waals surface area contributed by atoms with E-state index in [-0.39, 0.29) is 23.8 Å². The van der Waals surface area contributed by atoms with E-state index in [4.69, 9.17) is 4.74 Å². The van der Waals surface area contributed by atoms with E-state index in [2.05, 4.69) is 5.32 Å². The molecule has 1 aliphatic heterocycles. The van der Waals surface area contributed by atoms with Gasteiger partial charge in [-0.2, -0.15) is 0 Å². The molecule has 2 amide bonds. The number of piperazine rings is 1. The molecule has 1 aliphatic carbocycles. The molecule has 0 spiro atoms. The van der Waals surface area contributed by atoms with Crippen LogP contribution in [0.4, 0.5) is 10.5 Å². The van der Waals surface area contributed by atoms with Crippen molar-refractivity contribution in [1.82, 2.24) is 9.80 Å². The van der Waals surface area contributed by atoms with Crippen LogP contribution in [0.2, 0.25) is 0 Å². The standard InChI is InChI=1S/C22H33N3O5S/c1-22(2,3)30-21(27)25-13-11-24(12-14-25)20(26)16-23-17-7-6-10-19(15-17)31(28,29)18-8-4-5-9-18/h6-7,10,15,18,23H,4-5,8-9,11-14,16H2,1-3H3. The van der Waals surface area contributed by atoms with E-state index in [1.54, 1.807) is 34.1 Å². The van der Waals surface area contributed by atoms with Gasteiger partial charge in [-0.25, -0.2) is 13.2 Å². The quantitative estimate of drug-likeness (QED) is 0.740. The number of nitrogens with zero attached hydrogens (tertiary/aromatic N) is 2. The fourth-order valence-electron chi connectivity index (χ4n) is 3.93. The zero-order chi connectivity index (χ0) is 22.6. The van der Waals surface area contributed by atoms with Gasteiger partial charge in [0.1, 0.15) is 5.60 Å². The molecule has 0 radical (unpaired) electrons. The molecule has 31 heavy (non-hydrogen) atoms. The number of hydrogen-bond donors (Lipinski definition) is 1. The molecule has 0 atom stereocenters. The van der Waals surface area contributed by atoms with Crippen LogP contribution in [0.3, 0.4) is 0 Å². The van der Waals surface area contributed by atoms with Crippen molar-refractivity contribution in [2.75, 3.05) is 38.0 Å². The van der Waals surface area contributed by atoms with E-state index < -0.39 is 15.4 Å². The summed E-state index contributed by atoms with van der Waals surface area (Å²) < 4.78 is 31.0. The topological polar surface area (TPSA) is 96.0 Å². The van der Waals surface area contributed by atoms with Crippen LogP contribution >= 0.6 is 0 Å². The van der Waals surface area contributed by atoms with Gasteiger partial charge in [0.15, 0.2) is 9.84 Å². The van der Waals surface area contributed by atoms with E-state index >= 15 is 0 Å². The zero-order valence-electron chi connectivity index (χ0n) is 18.6. The summed E-state index contributed by atoms with van der Waals surface area (Å²) in [5.41, 5.74) is 0.0631. The maximum Gasteiger partial charge on any atom is 0.410 e. The first-order valence-electron chi connectivity index (χ1n) is 10.9. The van der Waals surface area contributed by atoms with E-state index in [0.717, 1.165) is 12.8 Å². The van der Waals surface area contributed by atoms with Gasteiger partial charge >= 0.3 is 6.09 Å². The summed E-state index contributed by atoms with van der Waals surface area (Å²) in [6.45, 7) is 7.27. The summed E-state index contributed by atoms with van der Waals surface area (Å²) in [7, 11) is -3.33. The number of amides is 2. The first-order chi connectivity index (χ1) is 14.6. The van der Waals surface area contributed by atoms with Crippen LogP contribution in [-0.4, -0.2) is 73.8 Å². The van der Waals surface area contributed by atoms with Crippen LogP contribution in [0.1, 0.15) is 46.5 Å². The maximum atomic E-state index is 12.8. The second-order valence-electron chi connectivity index (χ2n) is 9.18. The van der Waals surface area contributed by atoms with Crippen molar-refractivity contribution >= 4 is 27.5 Å². The van der Waals surface area contributed by atoms with Gasteiger partial charge in [-0.05, 0) is 51.8 Å². The van der Waals surface area contributed by atoms with Crippen LogP contribution in [0, 0.1) is 0 Å². The first kappa shape index (κ1) is 23.4. The van der Waals surface area contributed by atoms with Crippen LogP contribution < -0.4 is 5.32 Å². The first-order valence-corrected chi connectivity index (χ1v) is 12.4. The largest absolute Gasteiger partial charge is 0.444 e. The van der Waals surface area contributed by atoms with Gasteiger partial charge in [0.2, 0.25) is 5.91 Å². The van der Waals surface area contributed by atoms with Crippen LogP contribution in [0.5, 0.6) is 0 Å². The second-order valence-corrected chi connectivity index (χ2v) is 11.4. The zero-order valence-corrected chi connectivity index (χ0v) is 19.4. The van der Waals surface area contributed by atoms with Crippen molar-refractivity contribution < 1.29 is 22.7 Å². The summed E-state index contributed by atoms with van der Waals surface area (Å²) in [4.78, 5) is 28.3. The van der Waals surface area contributed by atoms with Gasteiger partial charge in [-0.1, -0.05) is 18.9 Å². The van der Waals surface area contributed by atoms with Crippen molar-refractivity contribution in [3.05, 3.63) is 24.3 Å². The van der Waals surface area contributed by atoms with Gasteiger partial charge < -0.3 is 19.9 Å². The predicted molar refractivity (Wildman–Crippen MR) is 119 cm³/mol. The van der Waals surface area contributed by atoms with E-state index in [1.165, 1.54) is 0 Å². The number of sulfone groups is 1. The van der Waals surface area contributed by atoms with Gasteiger partial charge in [0, 0.05) is 31.9 Å². The summed E-state index contributed by atoms with van der Waals surface area (Å²) in [5, 5.41) is 2.75. The second kappa shape index (κ2) is 9.46. The average molecular weight is 452 g/mol. The number of hydrogen-bond acceptors (Lipinski definition) is 6. The van der Waals surface area contributed by atoms with Crippen LogP contribution in [-0.2, 0) is 19.4 Å². The van der Waals surface area contributed by atoms with Crippen LogP contribution in [0.25, 0.3) is 0 Å². The molecule has 172 valence electrons. The highest BCUT2D eigenvalue weighted by Crippen LogP contribution is 2.30. The Morgan fingerprint density at radius 2 is 1.68 bits per heavy atom. The molecular formula is C22H33N3O5S. The Labute approximate surface area is 184 Å². The summed E-state index contributed by atoms with van der Waals surface area (Å²) in [6, 6.07) is 6.70. The lowest BCUT2D eigenvalue weighted by Gasteiger charge is -2.35. The smallest absolute Gasteiger partial charge is 0.410 e. The SMILES string of the molecule is CC(C)(C)OC(=O)N1CCN(C(=O)CNc2cccc(S(=O)(=O)C3CCCC3)c2)CC1. The van der Waals surface area contributed by atoms with E-state index in [9.17, 15) is 18.0 Å². The van der Waals surface area contributed by atoms with Crippen molar-refractivity contribution in [3.8, 4) is 0 Å². The minimum absolute atomic E-state index is 0.0688. The number of carbonyl (C=O) groups is 2. The lowest BCUT2D eigenvalue weighted by Crippen LogP contribution is -2.52. The molecule has 1 N–H and O–H groups in total. The van der Waals surface area contributed by atoms with Gasteiger partial charge in [-0.3, -0.25) is 4.79 Å². The molecule has 2 fully saturated rings. The van der Waals surface area contributed by atoms with E-state index in [1.807, 2.05) is 20.8 Å². The van der Waals surface area contributed by atoms with Crippen molar-refractivity contribution in [2.24, 2.45) is 0 Å². The van der Waals surface area contributed by atoms with Gasteiger partial charge in [-0.15, -0.1) is 0 Å². The van der Waals surface area contributed by atoms with Crippen molar-refractivity contribution in [3.63, 3.8) is 0 Å². The summed E-state index contributed by atoms with van der Waals surface area (Å²) in [6.07, 6.45) is 2.98. The Morgan fingerprint density at radius 1 is 1.06 bits per heavy atom.